The van der Waals surface area contributed by atoms with Gasteiger partial charge in [0.2, 0.25) is 0 Å². The molecule has 3 aliphatic heterocycles. The fraction of sp³-hybridized carbons (Fsp3) is 0.722. The van der Waals surface area contributed by atoms with Crippen molar-refractivity contribution in [3.05, 3.63) is 17.5 Å². The van der Waals surface area contributed by atoms with E-state index in [0.29, 0.717) is 69.5 Å². The molecule has 0 atom stereocenters. The van der Waals surface area contributed by atoms with Crippen molar-refractivity contribution in [3.8, 4) is 0 Å². The van der Waals surface area contributed by atoms with Crippen LogP contribution in [0.3, 0.4) is 0 Å². The number of ether oxygens (including phenoxy) is 2. The fourth-order valence-corrected chi connectivity index (χ4v) is 4.13. The molecule has 1 saturated carbocycles. The van der Waals surface area contributed by atoms with E-state index in [2.05, 4.69) is 5.10 Å². The highest BCUT2D eigenvalue weighted by atomic mass is 16.7. The molecule has 1 aromatic heterocycles. The number of hydrogen-bond donors (Lipinski definition) is 0. The molecule has 1 spiro atoms. The van der Waals surface area contributed by atoms with Crippen LogP contribution in [0.25, 0.3) is 0 Å². The molecule has 26 heavy (non-hydrogen) atoms. The zero-order valence-electron chi connectivity index (χ0n) is 14.9. The average molecular weight is 360 g/mol. The van der Waals surface area contributed by atoms with Gasteiger partial charge in [-0.15, -0.1) is 0 Å². The summed E-state index contributed by atoms with van der Waals surface area (Å²) in [5.74, 6) is 0.0558. The van der Waals surface area contributed by atoms with E-state index in [-0.39, 0.29) is 11.8 Å². The number of carbonyl (C=O) groups is 2. The summed E-state index contributed by atoms with van der Waals surface area (Å²) >= 11 is 0. The van der Waals surface area contributed by atoms with Crippen LogP contribution in [0.15, 0.2) is 6.07 Å². The minimum atomic E-state index is -0.497. The predicted molar refractivity (Wildman–Crippen MR) is 90.6 cm³/mol. The molecule has 4 heterocycles. The normalized spacial score (nSPS) is 25.0. The summed E-state index contributed by atoms with van der Waals surface area (Å²) in [6.45, 7) is 4.60. The maximum absolute atomic E-state index is 12.8. The number of hydrogen-bond acceptors (Lipinski definition) is 5. The SMILES string of the molecule is O=C(c1cc2n(n1)CCN(CC1CC1)C2=O)N1CCC2(CC1)OCCO2. The Morgan fingerprint density at radius 1 is 1.15 bits per heavy atom. The van der Waals surface area contributed by atoms with Gasteiger partial charge < -0.3 is 19.3 Å². The Kier molecular flexibility index (Phi) is 3.79. The summed E-state index contributed by atoms with van der Waals surface area (Å²) in [7, 11) is 0. The number of likely N-dealkylation sites (tertiary alicyclic amines) is 1. The minimum absolute atomic E-state index is 0.0000488. The van der Waals surface area contributed by atoms with E-state index >= 15 is 0 Å². The van der Waals surface area contributed by atoms with Crippen LogP contribution in [0, 0.1) is 5.92 Å². The zero-order valence-corrected chi connectivity index (χ0v) is 14.9. The van der Waals surface area contributed by atoms with Crippen molar-refractivity contribution in [3.63, 3.8) is 0 Å². The number of fused-ring (bicyclic) bond motifs is 1. The van der Waals surface area contributed by atoms with E-state index in [0.717, 1.165) is 6.54 Å². The monoisotopic (exact) mass is 360 g/mol. The molecular formula is C18H24N4O4. The molecule has 0 radical (unpaired) electrons. The molecule has 8 heteroatoms. The van der Waals surface area contributed by atoms with Gasteiger partial charge >= 0.3 is 0 Å². The third kappa shape index (κ3) is 2.81. The maximum Gasteiger partial charge on any atom is 0.274 e. The quantitative estimate of drug-likeness (QED) is 0.794. The summed E-state index contributed by atoms with van der Waals surface area (Å²) < 4.78 is 13.1. The summed E-state index contributed by atoms with van der Waals surface area (Å²) in [4.78, 5) is 29.2. The fourth-order valence-electron chi connectivity index (χ4n) is 4.13. The Labute approximate surface area is 152 Å². The maximum atomic E-state index is 12.8. The molecule has 0 unspecified atom stereocenters. The lowest BCUT2D eigenvalue weighted by atomic mass is 10.0. The van der Waals surface area contributed by atoms with Crippen LogP contribution in [0.1, 0.15) is 46.7 Å². The highest BCUT2D eigenvalue weighted by Gasteiger charge is 2.41. The molecule has 140 valence electrons. The smallest absolute Gasteiger partial charge is 0.274 e. The zero-order chi connectivity index (χ0) is 17.7. The highest BCUT2D eigenvalue weighted by molar-refractivity contribution is 5.98. The topological polar surface area (TPSA) is 76.9 Å². The largest absolute Gasteiger partial charge is 0.347 e. The second-order valence-corrected chi connectivity index (χ2v) is 7.73. The van der Waals surface area contributed by atoms with E-state index in [9.17, 15) is 9.59 Å². The van der Waals surface area contributed by atoms with Crippen LogP contribution in [0.4, 0.5) is 0 Å². The van der Waals surface area contributed by atoms with E-state index in [1.807, 2.05) is 4.90 Å². The third-order valence-electron chi connectivity index (χ3n) is 5.89. The first-order valence-corrected chi connectivity index (χ1v) is 9.58. The molecule has 2 amide bonds. The molecule has 5 rings (SSSR count). The Hall–Kier alpha value is -1.93. The first-order chi connectivity index (χ1) is 12.6. The van der Waals surface area contributed by atoms with Crippen molar-refractivity contribution in [2.45, 2.75) is 38.0 Å². The van der Waals surface area contributed by atoms with Gasteiger partial charge in [-0.2, -0.15) is 5.10 Å². The minimum Gasteiger partial charge on any atom is -0.347 e. The lowest BCUT2D eigenvalue weighted by Gasteiger charge is -2.37. The molecular weight excluding hydrogens is 336 g/mol. The van der Waals surface area contributed by atoms with Crippen LogP contribution in [-0.2, 0) is 16.0 Å². The van der Waals surface area contributed by atoms with Gasteiger partial charge in [0.25, 0.3) is 11.8 Å². The summed E-state index contributed by atoms with van der Waals surface area (Å²) in [5.41, 5.74) is 0.905. The van der Waals surface area contributed by atoms with E-state index < -0.39 is 5.79 Å². The van der Waals surface area contributed by atoms with E-state index in [1.165, 1.54) is 12.8 Å². The molecule has 1 aliphatic carbocycles. The Bertz CT molecular complexity index is 726. The highest BCUT2D eigenvalue weighted by Crippen LogP contribution is 2.32. The standard InChI is InChI=1S/C18H24N4O4/c23-16(20-5-3-18(4-6-20)25-9-10-26-18)14-11-15-17(24)21(12-13-1-2-13)7-8-22(15)19-14/h11,13H,1-10,12H2. The Morgan fingerprint density at radius 2 is 1.88 bits per heavy atom. The number of aromatic nitrogens is 2. The van der Waals surface area contributed by atoms with Gasteiger partial charge in [0.1, 0.15) is 5.69 Å². The number of amides is 2. The summed E-state index contributed by atoms with van der Waals surface area (Å²) in [5, 5.41) is 4.41. The van der Waals surface area contributed by atoms with E-state index in [4.69, 9.17) is 9.47 Å². The molecule has 8 nitrogen and oxygen atoms in total. The number of piperidine rings is 1. The van der Waals surface area contributed by atoms with Crippen molar-refractivity contribution in [1.82, 2.24) is 19.6 Å². The number of nitrogens with zero attached hydrogens (tertiary/aromatic N) is 4. The van der Waals surface area contributed by atoms with Crippen LogP contribution < -0.4 is 0 Å². The number of carbonyl (C=O) groups excluding carboxylic acids is 2. The van der Waals surface area contributed by atoms with Gasteiger partial charge in [-0.25, -0.2) is 0 Å². The summed E-state index contributed by atoms with van der Waals surface area (Å²) in [6.07, 6.45) is 3.80. The van der Waals surface area contributed by atoms with Crippen LogP contribution in [0.5, 0.6) is 0 Å². The van der Waals surface area contributed by atoms with Gasteiger partial charge in [0, 0.05) is 45.1 Å². The molecule has 2 saturated heterocycles. The van der Waals surface area contributed by atoms with Gasteiger partial charge in [-0.1, -0.05) is 0 Å². The predicted octanol–water partition coefficient (Wildman–Crippen LogP) is 0.728. The van der Waals surface area contributed by atoms with Gasteiger partial charge in [-0.3, -0.25) is 14.3 Å². The van der Waals surface area contributed by atoms with Gasteiger partial charge in [0.15, 0.2) is 11.5 Å². The molecule has 4 aliphatic rings. The molecule has 3 fully saturated rings. The van der Waals surface area contributed by atoms with Crippen LogP contribution in [0.2, 0.25) is 0 Å². The first kappa shape index (κ1) is 16.3. The van der Waals surface area contributed by atoms with Gasteiger partial charge in [-0.05, 0) is 18.8 Å². The Morgan fingerprint density at radius 3 is 2.58 bits per heavy atom. The van der Waals surface area contributed by atoms with Crippen molar-refractivity contribution in [2.24, 2.45) is 5.92 Å². The summed E-state index contributed by atoms with van der Waals surface area (Å²) in [6, 6.07) is 1.66. The molecule has 0 aromatic carbocycles. The van der Waals surface area contributed by atoms with Crippen molar-refractivity contribution < 1.29 is 19.1 Å². The second kappa shape index (κ2) is 6.06. The number of rotatable bonds is 3. The lowest BCUT2D eigenvalue weighted by molar-refractivity contribution is -0.181. The van der Waals surface area contributed by atoms with Crippen molar-refractivity contribution in [1.29, 1.82) is 0 Å². The van der Waals surface area contributed by atoms with Crippen LogP contribution >= 0.6 is 0 Å². The first-order valence-electron chi connectivity index (χ1n) is 9.58. The van der Waals surface area contributed by atoms with Gasteiger partial charge in [0.05, 0.1) is 19.8 Å². The van der Waals surface area contributed by atoms with Crippen LogP contribution in [-0.4, -0.2) is 76.6 Å². The molecule has 0 bridgehead atoms. The van der Waals surface area contributed by atoms with Crippen molar-refractivity contribution >= 4 is 11.8 Å². The Balaban J connectivity index is 1.27. The lowest BCUT2D eigenvalue weighted by Crippen LogP contribution is -2.47. The van der Waals surface area contributed by atoms with E-state index in [1.54, 1.807) is 15.6 Å². The molecule has 1 aromatic rings. The third-order valence-corrected chi connectivity index (χ3v) is 5.89. The van der Waals surface area contributed by atoms with Crippen molar-refractivity contribution in [2.75, 3.05) is 39.4 Å². The second-order valence-electron chi connectivity index (χ2n) is 7.73. The molecule has 0 N–H and O–H groups in total. The average Bonchev–Trinajstić information content (AvgIpc) is 3.17.